The number of hydrogen-bond acceptors (Lipinski definition) is 2. The normalized spacial score (nSPS) is 31.3. The van der Waals surface area contributed by atoms with Crippen molar-refractivity contribution in [3.8, 4) is 0 Å². The smallest absolute Gasteiger partial charge is 0.227 e. The van der Waals surface area contributed by atoms with Crippen LogP contribution in [0.15, 0.2) is 0 Å². The van der Waals surface area contributed by atoms with Crippen molar-refractivity contribution in [3.05, 3.63) is 0 Å². The van der Waals surface area contributed by atoms with Crippen LogP contribution in [0.5, 0.6) is 0 Å². The lowest BCUT2D eigenvalue weighted by Crippen LogP contribution is -2.64. The van der Waals surface area contributed by atoms with Crippen molar-refractivity contribution in [2.45, 2.75) is 65.3 Å². The molecule has 0 unspecified atom stereocenters. The van der Waals surface area contributed by atoms with E-state index in [1.54, 1.807) is 0 Å². The summed E-state index contributed by atoms with van der Waals surface area (Å²) >= 11 is 0. The Kier molecular flexibility index (Phi) is 3.20. The van der Waals surface area contributed by atoms with Crippen LogP contribution in [0.3, 0.4) is 0 Å². The number of piperazine rings is 1. The van der Waals surface area contributed by atoms with Crippen LogP contribution < -0.4 is 5.32 Å². The van der Waals surface area contributed by atoms with E-state index in [4.69, 9.17) is 0 Å². The number of nitrogens with zero attached hydrogens (tertiary/aromatic N) is 1. The van der Waals surface area contributed by atoms with Crippen LogP contribution in [0.25, 0.3) is 0 Å². The molecular formula is C17H30N2O. The summed E-state index contributed by atoms with van der Waals surface area (Å²) in [6.07, 6.45) is 6.29. The lowest BCUT2D eigenvalue weighted by Gasteiger charge is -2.50. The van der Waals surface area contributed by atoms with Gasteiger partial charge < -0.3 is 10.2 Å². The van der Waals surface area contributed by atoms with E-state index in [1.165, 1.54) is 32.1 Å². The van der Waals surface area contributed by atoms with Crippen LogP contribution in [0.4, 0.5) is 0 Å². The van der Waals surface area contributed by atoms with Gasteiger partial charge in [-0.05, 0) is 23.7 Å². The van der Waals surface area contributed by atoms with Crippen molar-refractivity contribution in [1.29, 1.82) is 0 Å². The topological polar surface area (TPSA) is 32.3 Å². The Morgan fingerprint density at radius 1 is 1.05 bits per heavy atom. The van der Waals surface area contributed by atoms with E-state index in [0.29, 0.717) is 5.91 Å². The summed E-state index contributed by atoms with van der Waals surface area (Å²) in [5.74, 6) is 0.648. The van der Waals surface area contributed by atoms with E-state index in [0.717, 1.165) is 19.6 Å². The maximum atomic E-state index is 13.2. The van der Waals surface area contributed by atoms with E-state index < -0.39 is 0 Å². The van der Waals surface area contributed by atoms with Crippen molar-refractivity contribution in [2.75, 3.05) is 19.6 Å². The molecule has 1 amide bonds. The van der Waals surface area contributed by atoms with E-state index in [2.05, 4.69) is 37.9 Å². The second kappa shape index (κ2) is 4.46. The molecule has 1 saturated heterocycles. The zero-order chi connectivity index (χ0) is 14.6. The van der Waals surface area contributed by atoms with Gasteiger partial charge in [-0.3, -0.25) is 4.79 Å². The molecule has 114 valence electrons. The Morgan fingerprint density at radius 2 is 1.65 bits per heavy atom. The van der Waals surface area contributed by atoms with Crippen molar-refractivity contribution in [3.63, 3.8) is 0 Å². The Morgan fingerprint density at radius 3 is 2.20 bits per heavy atom. The first-order valence-corrected chi connectivity index (χ1v) is 8.35. The zero-order valence-electron chi connectivity index (χ0n) is 13.6. The van der Waals surface area contributed by atoms with Gasteiger partial charge in [0.2, 0.25) is 5.91 Å². The monoisotopic (exact) mass is 278 g/mol. The summed E-state index contributed by atoms with van der Waals surface area (Å²) < 4.78 is 0. The van der Waals surface area contributed by atoms with Gasteiger partial charge in [0.25, 0.3) is 0 Å². The van der Waals surface area contributed by atoms with Crippen LogP contribution in [-0.2, 0) is 4.79 Å². The predicted octanol–water partition coefficient (Wildman–Crippen LogP) is 2.80. The Hall–Kier alpha value is -0.570. The highest BCUT2D eigenvalue weighted by Gasteiger charge is 2.69. The quantitative estimate of drug-likeness (QED) is 0.800. The number of nitrogens with one attached hydrogen (secondary N) is 1. The summed E-state index contributed by atoms with van der Waals surface area (Å²) in [4.78, 5) is 15.4. The molecule has 2 saturated carbocycles. The van der Waals surface area contributed by atoms with Gasteiger partial charge in [-0.1, -0.05) is 47.0 Å². The first-order valence-electron chi connectivity index (χ1n) is 8.35. The van der Waals surface area contributed by atoms with Gasteiger partial charge in [-0.2, -0.15) is 0 Å². The second-order valence-corrected chi connectivity index (χ2v) is 8.33. The van der Waals surface area contributed by atoms with Crippen molar-refractivity contribution in [2.24, 2.45) is 16.7 Å². The molecule has 20 heavy (non-hydrogen) atoms. The number of carbonyl (C=O) groups is 1. The van der Waals surface area contributed by atoms with E-state index in [-0.39, 0.29) is 22.3 Å². The minimum Gasteiger partial charge on any atom is -0.334 e. The summed E-state index contributed by atoms with van der Waals surface area (Å²) in [5.41, 5.74) is 0.442. The molecule has 3 fully saturated rings. The lowest BCUT2D eigenvalue weighted by atomic mass is 9.78. The maximum Gasteiger partial charge on any atom is 0.227 e. The Balaban J connectivity index is 1.82. The van der Waals surface area contributed by atoms with Crippen LogP contribution in [0.2, 0.25) is 0 Å². The summed E-state index contributed by atoms with van der Waals surface area (Å²) in [6.45, 7) is 11.9. The van der Waals surface area contributed by atoms with E-state index >= 15 is 0 Å². The molecule has 1 N–H and O–H groups in total. The molecule has 0 aromatic heterocycles. The molecule has 3 aliphatic rings. The molecule has 0 atom stereocenters. The Bertz CT molecular complexity index is 385. The number of carbonyl (C=O) groups excluding carboxylic acids is 1. The molecule has 2 aliphatic carbocycles. The third kappa shape index (κ3) is 1.85. The van der Waals surface area contributed by atoms with Crippen LogP contribution in [0, 0.1) is 16.7 Å². The zero-order valence-corrected chi connectivity index (χ0v) is 13.6. The van der Waals surface area contributed by atoms with Gasteiger partial charge in [-0.25, -0.2) is 0 Å². The Labute approximate surface area is 123 Å². The van der Waals surface area contributed by atoms with Gasteiger partial charge in [0.15, 0.2) is 0 Å². The minimum absolute atomic E-state index is 0.127. The van der Waals surface area contributed by atoms with Gasteiger partial charge >= 0.3 is 0 Å². The molecule has 0 aromatic carbocycles. The minimum atomic E-state index is 0.127. The van der Waals surface area contributed by atoms with Crippen molar-refractivity contribution in [1.82, 2.24) is 10.2 Å². The van der Waals surface area contributed by atoms with Gasteiger partial charge in [0, 0.05) is 25.6 Å². The standard InChI is InChI=1S/C17H30N2O/c1-15(2)13(16(15,3)4)14(20)19-11-10-18-12-17(19)8-6-5-7-9-17/h13,18H,5-12H2,1-4H3. The fraction of sp³-hybridized carbons (Fsp3) is 0.941. The third-order valence-electron chi connectivity index (χ3n) is 6.86. The average molecular weight is 278 g/mol. The molecule has 1 spiro atoms. The molecule has 1 heterocycles. The molecule has 3 nitrogen and oxygen atoms in total. The fourth-order valence-electron chi connectivity index (χ4n) is 4.81. The largest absolute Gasteiger partial charge is 0.334 e. The molecule has 0 radical (unpaired) electrons. The van der Waals surface area contributed by atoms with Crippen LogP contribution >= 0.6 is 0 Å². The lowest BCUT2D eigenvalue weighted by molar-refractivity contribution is -0.143. The second-order valence-electron chi connectivity index (χ2n) is 8.33. The molecule has 0 aromatic rings. The SMILES string of the molecule is CC1(C)C(C(=O)N2CCNCC23CCCCC3)C1(C)C. The predicted molar refractivity (Wildman–Crippen MR) is 81.5 cm³/mol. The van der Waals surface area contributed by atoms with Crippen molar-refractivity contribution < 1.29 is 4.79 Å². The average Bonchev–Trinajstić information content (AvgIpc) is 2.80. The first-order chi connectivity index (χ1) is 9.33. The molecule has 0 bridgehead atoms. The van der Waals surface area contributed by atoms with Gasteiger partial charge in [0.1, 0.15) is 0 Å². The van der Waals surface area contributed by atoms with E-state index in [9.17, 15) is 4.79 Å². The van der Waals surface area contributed by atoms with Crippen molar-refractivity contribution >= 4 is 5.91 Å². The van der Waals surface area contributed by atoms with Gasteiger partial charge in [0.05, 0.1) is 5.54 Å². The first kappa shape index (κ1) is 14.4. The highest BCUT2D eigenvalue weighted by atomic mass is 16.2. The summed E-state index contributed by atoms with van der Waals surface area (Å²) in [5, 5.41) is 3.54. The van der Waals surface area contributed by atoms with E-state index in [1.807, 2.05) is 0 Å². The third-order valence-corrected chi connectivity index (χ3v) is 6.86. The van der Waals surface area contributed by atoms with Gasteiger partial charge in [-0.15, -0.1) is 0 Å². The van der Waals surface area contributed by atoms with Crippen LogP contribution in [-0.4, -0.2) is 36.0 Å². The highest BCUT2D eigenvalue weighted by Crippen LogP contribution is 2.69. The molecular weight excluding hydrogens is 248 g/mol. The molecule has 1 aliphatic heterocycles. The fourth-order valence-corrected chi connectivity index (χ4v) is 4.81. The summed E-state index contributed by atoms with van der Waals surface area (Å²) in [6, 6.07) is 0. The van der Waals surface area contributed by atoms with Crippen LogP contribution in [0.1, 0.15) is 59.8 Å². The summed E-state index contributed by atoms with van der Waals surface area (Å²) in [7, 11) is 0. The number of rotatable bonds is 1. The molecule has 3 heteroatoms. The number of hydrogen-bond donors (Lipinski definition) is 1. The molecule has 3 rings (SSSR count). The maximum absolute atomic E-state index is 13.2. The highest BCUT2D eigenvalue weighted by molar-refractivity contribution is 5.85. The number of amides is 1.